The number of aryl methyl sites for hydroxylation is 1. The van der Waals surface area contributed by atoms with Crippen LogP contribution in [0.4, 0.5) is 0 Å². The van der Waals surface area contributed by atoms with E-state index in [9.17, 15) is 9.90 Å². The number of aliphatic hydroxyl groups excluding tert-OH is 1. The molecule has 1 aromatic carbocycles. The van der Waals surface area contributed by atoms with Crippen molar-refractivity contribution in [2.75, 3.05) is 0 Å². The van der Waals surface area contributed by atoms with Crippen molar-refractivity contribution in [2.24, 2.45) is 0 Å². The summed E-state index contributed by atoms with van der Waals surface area (Å²) in [6, 6.07) is 9.98. The van der Waals surface area contributed by atoms with E-state index in [0.29, 0.717) is 6.42 Å². The third-order valence-electron chi connectivity index (χ3n) is 2.13. The molecule has 0 heterocycles. The lowest BCUT2D eigenvalue weighted by molar-refractivity contribution is -0.118. The number of benzene rings is 1. The second kappa shape index (κ2) is 5.55. The summed E-state index contributed by atoms with van der Waals surface area (Å²) < 4.78 is 0. The van der Waals surface area contributed by atoms with Gasteiger partial charge in [0.2, 0.25) is 0 Å². The van der Waals surface area contributed by atoms with Crippen molar-refractivity contribution in [3.05, 3.63) is 35.9 Å². The zero-order valence-corrected chi connectivity index (χ0v) is 8.44. The zero-order chi connectivity index (χ0) is 10.4. The van der Waals surface area contributed by atoms with Gasteiger partial charge in [0.15, 0.2) is 0 Å². The molecule has 0 aliphatic heterocycles. The van der Waals surface area contributed by atoms with Crippen LogP contribution in [0.25, 0.3) is 0 Å². The molecular weight excluding hydrogens is 176 g/mol. The molecule has 76 valence electrons. The molecule has 1 aromatic rings. The maximum Gasteiger partial charge on any atom is 0.132 e. The second-order valence-corrected chi connectivity index (χ2v) is 3.58. The molecule has 1 N–H and O–H groups in total. The van der Waals surface area contributed by atoms with Gasteiger partial charge in [-0.25, -0.2) is 0 Å². The number of hydrogen-bond donors (Lipinski definition) is 1. The Labute approximate surface area is 84.6 Å². The van der Waals surface area contributed by atoms with E-state index < -0.39 is 6.10 Å². The van der Waals surface area contributed by atoms with Crippen LogP contribution in [-0.2, 0) is 11.2 Å². The smallest absolute Gasteiger partial charge is 0.132 e. The Morgan fingerprint density at radius 1 is 1.36 bits per heavy atom. The first-order chi connectivity index (χ1) is 6.68. The van der Waals surface area contributed by atoms with Crippen LogP contribution < -0.4 is 0 Å². The lowest BCUT2D eigenvalue weighted by atomic mass is 10.0. The van der Waals surface area contributed by atoms with Crippen LogP contribution in [0.2, 0.25) is 0 Å². The van der Waals surface area contributed by atoms with Gasteiger partial charge in [-0.2, -0.15) is 0 Å². The van der Waals surface area contributed by atoms with Crippen molar-refractivity contribution in [2.45, 2.75) is 32.3 Å². The highest BCUT2D eigenvalue weighted by Gasteiger charge is 2.06. The highest BCUT2D eigenvalue weighted by Crippen LogP contribution is 2.07. The molecule has 1 unspecified atom stereocenters. The topological polar surface area (TPSA) is 37.3 Å². The van der Waals surface area contributed by atoms with Crippen molar-refractivity contribution < 1.29 is 9.90 Å². The maximum absolute atomic E-state index is 10.7. The van der Waals surface area contributed by atoms with Crippen LogP contribution in [0.15, 0.2) is 30.3 Å². The van der Waals surface area contributed by atoms with E-state index >= 15 is 0 Å². The Morgan fingerprint density at radius 3 is 2.57 bits per heavy atom. The average Bonchev–Trinajstić information content (AvgIpc) is 2.15. The Hall–Kier alpha value is -1.15. The summed E-state index contributed by atoms with van der Waals surface area (Å²) in [7, 11) is 0. The van der Waals surface area contributed by atoms with E-state index in [2.05, 4.69) is 0 Å². The monoisotopic (exact) mass is 192 g/mol. The molecule has 14 heavy (non-hydrogen) atoms. The molecule has 0 bridgehead atoms. The summed E-state index contributed by atoms with van der Waals surface area (Å²) >= 11 is 0. The standard InChI is InChI=1S/C12H16O2/c1-10(13)9-12(14)8-7-11-5-3-2-4-6-11/h2-6,12,14H,7-9H2,1H3. The van der Waals surface area contributed by atoms with Gasteiger partial charge in [-0.3, -0.25) is 4.79 Å². The van der Waals surface area contributed by atoms with E-state index in [1.54, 1.807) is 0 Å². The van der Waals surface area contributed by atoms with Crippen molar-refractivity contribution in [1.29, 1.82) is 0 Å². The summed E-state index contributed by atoms with van der Waals surface area (Å²) in [6.45, 7) is 1.51. The Balaban J connectivity index is 2.30. The largest absolute Gasteiger partial charge is 0.393 e. The molecular formula is C12H16O2. The summed E-state index contributed by atoms with van der Waals surface area (Å²) in [5.41, 5.74) is 1.20. The highest BCUT2D eigenvalue weighted by atomic mass is 16.3. The van der Waals surface area contributed by atoms with Crippen molar-refractivity contribution in [3.63, 3.8) is 0 Å². The minimum Gasteiger partial charge on any atom is -0.393 e. The molecule has 0 aromatic heterocycles. The Kier molecular flexibility index (Phi) is 4.33. The van der Waals surface area contributed by atoms with E-state index in [1.165, 1.54) is 12.5 Å². The lowest BCUT2D eigenvalue weighted by Crippen LogP contribution is -2.12. The van der Waals surface area contributed by atoms with Gasteiger partial charge in [-0.15, -0.1) is 0 Å². The zero-order valence-electron chi connectivity index (χ0n) is 8.44. The summed E-state index contributed by atoms with van der Waals surface area (Å²) in [5.74, 6) is 0.0468. The van der Waals surface area contributed by atoms with Crippen molar-refractivity contribution in [3.8, 4) is 0 Å². The van der Waals surface area contributed by atoms with Crippen LogP contribution in [0, 0.1) is 0 Å². The molecule has 0 aliphatic carbocycles. The Morgan fingerprint density at radius 2 is 2.00 bits per heavy atom. The van der Waals surface area contributed by atoms with E-state index in [4.69, 9.17) is 0 Å². The van der Waals surface area contributed by atoms with Gasteiger partial charge in [-0.05, 0) is 25.3 Å². The predicted molar refractivity (Wildman–Crippen MR) is 56.1 cm³/mol. The van der Waals surface area contributed by atoms with Crippen LogP contribution >= 0.6 is 0 Å². The van der Waals surface area contributed by atoms with Gasteiger partial charge in [-0.1, -0.05) is 30.3 Å². The Bertz CT molecular complexity index is 280. The molecule has 1 rings (SSSR count). The fourth-order valence-corrected chi connectivity index (χ4v) is 1.41. The third kappa shape index (κ3) is 4.19. The van der Waals surface area contributed by atoms with Gasteiger partial charge >= 0.3 is 0 Å². The number of aliphatic hydroxyl groups is 1. The van der Waals surface area contributed by atoms with Gasteiger partial charge < -0.3 is 5.11 Å². The van der Waals surface area contributed by atoms with Gasteiger partial charge in [0.25, 0.3) is 0 Å². The van der Waals surface area contributed by atoms with Crippen molar-refractivity contribution in [1.82, 2.24) is 0 Å². The molecule has 1 atom stereocenters. The van der Waals surface area contributed by atoms with Crippen molar-refractivity contribution >= 4 is 5.78 Å². The van der Waals surface area contributed by atoms with Crippen LogP contribution in [0.1, 0.15) is 25.3 Å². The molecule has 0 saturated carbocycles. The molecule has 0 spiro atoms. The van der Waals surface area contributed by atoms with Gasteiger partial charge in [0.05, 0.1) is 6.10 Å². The molecule has 0 fully saturated rings. The number of ketones is 1. The first-order valence-electron chi connectivity index (χ1n) is 4.90. The minimum absolute atomic E-state index is 0.0468. The maximum atomic E-state index is 10.7. The van der Waals surface area contributed by atoms with E-state index in [1.807, 2.05) is 30.3 Å². The molecule has 0 amide bonds. The lowest BCUT2D eigenvalue weighted by Gasteiger charge is -2.07. The van der Waals surface area contributed by atoms with Gasteiger partial charge in [0.1, 0.15) is 5.78 Å². The third-order valence-corrected chi connectivity index (χ3v) is 2.13. The molecule has 0 saturated heterocycles. The molecule has 0 radical (unpaired) electrons. The first kappa shape index (κ1) is 10.9. The number of rotatable bonds is 5. The van der Waals surface area contributed by atoms with Crippen LogP contribution in [0.5, 0.6) is 0 Å². The average molecular weight is 192 g/mol. The highest BCUT2D eigenvalue weighted by molar-refractivity contribution is 5.75. The molecule has 2 heteroatoms. The number of hydrogen-bond acceptors (Lipinski definition) is 2. The second-order valence-electron chi connectivity index (χ2n) is 3.58. The summed E-state index contributed by atoms with van der Waals surface area (Å²) in [6.07, 6.45) is 1.26. The number of carbonyl (C=O) groups excluding carboxylic acids is 1. The summed E-state index contributed by atoms with van der Waals surface area (Å²) in [5, 5.41) is 9.46. The van der Waals surface area contributed by atoms with Crippen LogP contribution in [0.3, 0.4) is 0 Å². The van der Waals surface area contributed by atoms with E-state index in [-0.39, 0.29) is 12.2 Å². The first-order valence-corrected chi connectivity index (χ1v) is 4.90. The van der Waals surface area contributed by atoms with E-state index in [0.717, 1.165) is 6.42 Å². The molecule has 2 nitrogen and oxygen atoms in total. The minimum atomic E-state index is -0.493. The van der Waals surface area contributed by atoms with Crippen LogP contribution in [-0.4, -0.2) is 17.0 Å². The quantitative estimate of drug-likeness (QED) is 0.774. The summed E-state index contributed by atoms with van der Waals surface area (Å²) in [4.78, 5) is 10.7. The predicted octanol–water partition coefficient (Wildman–Crippen LogP) is 1.96. The molecule has 0 aliphatic rings. The fraction of sp³-hybridized carbons (Fsp3) is 0.417. The fourth-order valence-electron chi connectivity index (χ4n) is 1.41. The number of carbonyl (C=O) groups is 1. The normalized spacial score (nSPS) is 12.4. The SMILES string of the molecule is CC(=O)CC(O)CCc1ccccc1. The van der Waals surface area contributed by atoms with Gasteiger partial charge in [0, 0.05) is 6.42 Å². The number of Topliss-reactive ketones (excluding diaryl/α,β-unsaturated/α-hetero) is 1.